The standard InChI is InChI=1S/C23H32N2O4.C18H17NO3.C16H17N3O5S.C15H12Cl2O4/c1-7-16-13-15(3)14-17(8-2)18(16)19-20(26)24-9-11-28-12-10-25(24)21(19)29-22(27)23(4,5)6;1-2-21-17(20)16-13-18(22-19-16,14-9-5-3-6-10-14)15-11-7-4-8-12-15;1-9-10(15(20)11-8-17-19(2)16(11)21)4-5-13(25(3,22)23)14(9)12-6-7-24-18-12;1-9(15(18)19)20-11-3-5-12(6-4-11)21-14-7-2-10(16)8-13(14)17/h13-14H,7-12H2,1-6H3;3-12H,2,13H2,1H3;4-5,8,17H,6-7H2,1-3H3;2-9H,1H3,(H,18,19). The number of ketones is 1. The second-order valence-electron chi connectivity index (χ2n) is 23.9. The Kier molecular flexibility index (Phi) is 24.2. The maximum atomic E-state index is 13.5. The first-order valence-electron chi connectivity index (χ1n) is 31.4. The number of carbonyl (C=O) groups is 4. The van der Waals surface area contributed by atoms with E-state index in [1.807, 2.05) is 81.4 Å². The van der Waals surface area contributed by atoms with Crippen molar-refractivity contribution in [1.29, 1.82) is 0 Å². The predicted octanol–water partition coefficient (Wildman–Crippen LogP) is 12.4. The fourth-order valence-corrected chi connectivity index (χ4v) is 12.2. The second kappa shape index (κ2) is 32.0. The molecule has 8 aromatic rings. The summed E-state index contributed by atoms with van der Waals surface area (Å²) in [6.07, 6.45) is 3.93. The number of ether oxygens (including phenoxy) is 5. The van der Waals surface area contributed by atoms with Crippen LogP contribution in [-0.4, -0.2) is 107 Å². The Morgan fingerprint density at radius 1 is 0.753 bits per heavy atom. The highest BCUT2D eigenvalue weighted by Gasteiger charge is 2.45. The summed E-state index contributed by atoms with van der Waals surface area (Å²) in [5, 5.41) is 20.3. The number of sulfone groups is 1. The van der Waals surface area contributed by atoms with Crippen LogP contribution in [-0.2, 0) is 81.9 Å². The van der Waals surface area contributed by atoms with Gasteiger partial charge in [0.25, 0.3) is 11.1 Å². The third-order valence-electron chi connectivity index (χ3n) is 15.8. The number of aromatic nitrogens is 4. The molecule has 2 aromatic heterocycles. The molecule has 3 aliphatic heterocycles. The van der Waals surface area contributed by atoms with Crippen LogP contribution in [0.4, 0.5) is 0 Å². The molecule has 0 spiro atoms. The molecule has 0 amide bonds. The van der Waals surface area contributed by atoms with Crippen LogP contribution >= 0.6 is 23.2 Å². The van der Waals surface area contributed by atoms with E-state index in [4.69, 9.17) is 61.7 Å². The number of aliphatic carboxylic acids is 1. The molecular weight excluding hydrogens is 1310 g/mol. The minimum Gasteiger partial charge on any atom is -0.479 e. The molecule has 0 fully saturated rings. The minimum absolute atomic E-state index is 0.00623. The first-order chi connectivity index (χ1) is 46.1. The summed E-state index contributed by atoms with van der Waals surface area (Å²) in [6.45, 7) is 19.1. The summed E-state index contributed by atoms with van der Waals surface area (Å²) in [6, 6.07) is 38.2. The number of fused-ring (bicyclic) bond motifs is 1. The van der Waals surface area contributed by atoms with E-state index < -0.39 is 50.2 Å². The minimum atomic E-state index is -3.52. The second-order valence-corrected chi connectivity index (χ2v) is 26.7. The lowest BCUT2D eigenvalue weighted by Crippen LogP contribution is -2.29. The van der Waals surface area contributed by atoms with Gasteiger partial charge in [0, 0.05) is 53.2 Å². The molecule has 0 bridgehead atoms. The normalized spacial score (nSPS) is 14.1. The Hall–Kier alpha value is -9.55. The van der Waals surface area contributed by atoms with Gasteiger partial charge in [-0.1, -0.05) is 126 Å². The molecule has 25 heteroatoms. The van der Waals surface area contributed by atoms with Gasteiger partial charge in [0.2, 0.25) is 5.88 Å². The number of oxime groups is 2. The molecule has 11 rings (SSSR count). The van der Waals surface area contributed by atoms with Gasteiger partial charge in [0.1, 0.15) is 35.0 Å². The van der Waals surface area contributed by atoms with Gasteiger partial charge in [-0.15, -0.1) is 0 Å². The Morgan fingerprint density at radius 3 is 1.89 bits per heavy atom. The van der Waals surface area contributed by atoms with Crippen LogP contribution in [0.15, 0.2) is 158 Å². The van der Waals surface area contributed by atoms with Crippen molar-refractivity contribution in [3.05, 3.63) is 214 Å². The van der Waals surface area contributed by atoms with E-state index in [1.165, 1.54) is 42.5 Å². The molecule has 22 nitrogen and oxygen atoms in total. The van der Waals surface area contributed by atoms with Crippen molar-refractivity contribution in [2.75, 3.05) is 32.7 Å². The van der Waals surface area contributed by atoms with Crippen LogP contribution < -0.4 is 25.3 Å². The van der Waals surface area contributed by atoms with Gasteiger partial charge in [0.15, 0.2) is 33.0 Å². The first kappa shape index (κ1) is 73.3. The van der Waals surface area contributed by atoms with E-state index in [0.717, 1.165) is 46.9 Å². The van der Waals surface area contributed by atoms with E-state index in [-0.39, 0.29) is 27.6 Å². The van der Waals surface area contributed by atoms with Crippen molar-refractivity contribution in [2.24, 2.45) is 22.8 Å². The number of benzene rings is 6. The topological polar surface area (TPSA) is 277 Å². The van der Waals surface area contributed by atoms with E-state index >= 15 is 0 Å². The third-order valence-corrected chi connectivity index (χ3v) is 17.5. The van der Waals surface area contributed by atoms with Crippen molar-refractivity contribution in [3.8, 4) is 34.3 Å². The summed E-state index contributed by atoms with van der Waals surface area (Å²) in [5.41, 5.74) is 6.57. The molecule has 0 aliphatic carbocycles. The average molecular weight is 1390 g/mol. The number of carboxylic acids is 1. The zero-order chi connectivity index (χ0) is 70.5. The fraction of sp³-hybridized carbons (Fsp3) is 0.333. The lowest BCUT2D eigenvalue weighted by Gasteiger charge is -2.27. The average Bonchev–Trinajstić information content (AvgIpc) is 1.68. The van der Waals surface area contributed by atoms with Gasteiger partial charge in [-0.3, -0.25) is 23.9 Å². The Balaban J connectivity index is 0.000000166. The summed E-state index contributed by atoms with van der Waals surface area (Å²) >= 11 is 11.8. The van der Waals surface area contributed by atoms with Crippen molar-refractivity contribution < 1.29 is 66.1 Å². The van der Waals surface area contributed by atoms with Crippen LogP contribution in [0, 0.1) is 19.3 Å². The molecular formula is C72H78Cl2N6O16S. The number of hydrogen-bond donors (Lipinski definition) is 2. The lowest BCUT2D eigenvalue weighted by atomic mass is 9.82. The molecule has 0 saturated carbocycles. The number of hydrogen-bond acceptors (Lipinski definition) is 17. The molecule has 2 N–H and O–H groups in total. The molecule has 0 saturated heterocycles. The van der Waals surface area contributed by atoms with E-state index in [9.17, 15) is 37.2 Å². The summed E-state index contributed by atoms with van der Waals surface area (Å²) in [7, 11) is -2.02. The maximum absolute atomic E-state index is 13.5. The Labute approximate surface area is 572 Å². The zero-order valence-electron chi connectivity index (χ0n) is 55.8. The van der Waals surface area contributed by atoms with E-state index in [0.29, 0.717) is 114 Å². The highest BCUT2D eigenvalue weighted by Crippen LogP contribution is 2.42. The van der Waals surface area contributed by atoms with Crippen LogP contribution in [0.25, 0.3) is 11.1 Å². The Bertz CT molecular complexity index is 4430. The number of carboxylic acid groups (broad SMARTS) is 1. The number of aryl methyl sites for hydroxylation is 4. The molecule has 6 aromatic carbocycles. The van der Waals surface area contributed by atoms with Crippen LogP contribution in [0.1, 0.15) is 116 Å². The van der Waals surface area contributed by atoms with Crippen molar-refractivity contribution in [2.45, 2.75) is 118 Å². The van der Waals surface area contributed by atoms with Crippen LogP contribution in [0.2, 0.25) is 10.0 Å². The summed E-state index contributed by atoms with van der Waals surface area (Å²) in [5.74, 6) is -0.455. The van der Waals surface area contributed by atoms with Gasteiger partial charge in [-0.05, 0) is 138 Å². The van der Waals surface area contributed by atoms with Gasteiger partial charge in [0.05, 0.1) is 60.4 Å². The quantitative estimate of drug-likeness (QED) is 0.0633. The number of esters is 2. The number of rotatable bonds is 17. The highest BCUT2D eigenvalue weighted by molar-refractivity contribution is 7.90. The van der Waals surface area contributed by atoms with Gasteiger partial charge in [-0.2, -0.15) is 0 Å². The summed E-state index contributed by atoms with van der Waals surface area (Å²) in [4.78, 5) is 84.7. The SMILES string of the molecule is CC(Oc1ccc(Oc2ccc(Cl)cc2Cl)cc1)C(=O)O.CCOC(=O)C1=NOC(c2ccccc2)(c2ccccc2)C1.CCc1cc(C)cc(CC)c1-c1c(OC(=O)C(C)(C)C)n2n(c1=O)CCOCC2.Cc1c(C(=O)c2c[nH]n(C)c2=O)ccc(S(C)(=O)=O)c1C1=NOCC1. The Morgan fingerprint density at radius 2 is 1.36 bits per heavy atom. The number of nitrogens with zero attached hydrogens (tertiary/aromatic N) is 5. The molecule has 5 heterocycles. The van der Waals surface area contributed by atoms with E-state index in [1.54, 1.807) is 65.7 Å². The fourth-order valence-electron chi connectivity index (χ4n) is 10.8. The monoisotopic (exact) mass is 1380 g/mol. The van der Waals surface area contributed by atoms with Gasteiger partial charge in [-0.25, -0.2) is 27.4 Å². The number of H-pyrrole nitrogens is 1. The van der Waals surface area contributed by atoms with E-state index in [2.05, 4.69) is 48.3 Å². The van der Waals surface area contributed by atoms with Crippen molar-refractivity contribution in [3.63, 3.8) is 0 Å². The molecule has 1 unspecified atom stereocenters. The molecule has 3 aliphatic rings. The van der Waals surface area contributed by atoms with Crippen molar-refractivity contribution in [1.82, 2.24) is 19.1 Å². The molecule has 1 atom stereocenters. The summed E-state index contributed by atoms with van der Waals surface area (Å²) < 4.78 is 56.2. The number of nitrogens with one attached hydrogen (secondary N) is 1. The first-order valence-corrected chi connectivity index (χ1v) is 34.0. The number of aromatic amines is 1. The number of carbonyl (C=O) groups excluding carboxylic acids is 3. The van der Waals surface area contributed by atoms with Crippen molar-refractivity contribution >= 4 is 68.2 Å². The zero-order valence-corrected chi connectivity index (χ0v) is 58.1. The smallest absolute Gasteiger partial charge is 0.356 e. The van der Waals surface area contributed by atoms with Gasteiger partial charge < -0.3 is 43.6 Å². The molecule has 0 radical (unpaired) electrons. The largest absolute Gasteiger partial charge is 0.479 e. The third kappa shape index (κ3) is 17.4. The molecule has 512 valence electrons. The maximum Gasteiger partial charge on any atom is 0.356 e. The predicted molar refractivity (Wildman–Crippen MR) is 369 cm³/mol. The van der Waals surface area contributed by atoms with Crippen LogP contribution in [0.3, 0.4) is 0 Å². The van der Waals surface area contributed by atoms with Crippen LogP contribution in [0.5, 0.6) is 23.1 Å². The molecule has 97 heavy (non-hydrogen) atoms. The number of halogens is 2. The lowest BCUT2D eigenvalue weighted by molar-refractivity contribution is -0.144. The van der Waals surface area contributed by atoms with Gasteiger partial charge >= 0.3 is 17.9 Å². The highest BCUT2D eigenvalue weighted by atomic mass is 35.5.